The van der Waals surface area contributed by atoms with E-state index in [0.29, 0.717) is 25.9 Å². The molecule has 0 amide bonds. The molecule has 0 radical (unpaired) electrons. The van der Waals surface area contributed by atoms with Crippen molar-refractivity contribution in [3.63, 3.8) is 0 Å². The van der Waals surface area contributed by atoms with Crippen molar-refractivity contribution in [1.82, 2.24) is 0 Å². The average Bonchev–Trinajstić information content (AvgIpc) is 2.37. The van der Waals surface area contributed by atoms with Crippen LogP contribution >= 0.6 is 0 Å². The summed E-state index contributed by atoms with van der Waals surface area (Å²) in [7, 11) is 0. The molecule has 0 spiro atoms. The summed E-state index contributed by atoms with van der Waals surface area (Å²) in [5.74, 6) is -0.763. The molecule has 118 valence electrons. The molecule has 2 N–H and O–H groups in total. The quantitative estimate of drug-likeness (QED) is 0.672. The lowest BCUT2D eigenvalue weighted by molar-refractivity contribution is -0.155. The maximum atomic E-state index is 11.6. The lowest BCUT2D eigenvalue weighted by Crippen LogP contribution is -2.41. The van der Waals surface area contributed by atoms with E-state index in [1.807, 2.05) is 0 Å². The fourth-order valence-corrected chi connectivity index (χ4v) is 2.89. The zero-order valence-corrected chi connectivity index (χ0v) is 13.2. The van der Waals surface area contributed by atoms with Crippen molar-refractivity contribution in [2.24, 2.45) is 10.8 Å². The van der Waals surface area contributed by atoms with Crippen molar-refractivity contribution in [2.75, 3.05) is 13.2 Å². The molecule has 1 saturated carbocycles. The molecule has 0 saturated heterocycles. The van der Waals surface area contributed by atoms with Crippen LogP contribution in [0.2, 0.25) is 0 Å². The Balaban J connectivity index is 2.49. The van der Waals surface area contributed by atoms with Gasteiger partial charge in [0.05, 0.1) is 18.1 Å². The maximum absolute atomic E-state index is 11.6. The van der Waals surface area contributed by atoms with E-state index in [0.717, 1.165) is 25.7 Å². The van der Waals surface area contributed by atoms with Crippen LogP contribution in [0.15, 0.2) is 0 Å². The monoisotopic (exact) mass is 286 g/mol. The third kappa shape index (κ3) is 5.06. The summed E-state index contributed by atoms with van der Waals surface area (Å²) < 4.78 is 5.40. The molecular formula is C16H30O4. The van der Waals surface area contributed by atoms with Crippen LogP contribution in [0.25, 0.3) is 0 Å². The third-order valence-corrected chi connectivity index (χ3v) is 4.59. The molecule has 1 atom stereocenters. The Bertz CT molecular complexity index is 302. The van der Waals surface area contributed by atoms with Crippen LogP contribution in [-0.2, 0) is 9.53 Å². The SMILES string of the molecule is CCCCOCC(O)CC1(C(=O)O)CCC(C)(C)CC1. The van der Waals surface area contributed by atoms with Crippen LogP contribution < -0.4 is 0 Å². The summed E-state index contributed by atoms with van der Waals surface area (Å²) in [5.41, 5.74) is -0.537. The number of unbranched alkanes of at least 4 members (excludes halogenated alkanes) is 1. The van der Waals surface area contributed by atoms with Crippen LogP contribution in [0.1, 0.15) is 65.7 Å². The molecule has 20 heavy (non-hydrogen) atoms. The maximum Gasteiger partial charge on any atom is 0.309 e. The summed E-state index contributed by atoms with van der Waals surface area (Å²) in [6.45, 7) is 7.34. The first-order valence-electron chi connectivity index (χ1n) is 7.80. The number of carbonyl (C=O) groups is 1. The van der Waals surface area contributed by atoms with E-state index in [9.17, 15) is 15.0 Å². The summed E-state index contributed by atoms with van der Waals surface area (Å²) in [6.07, 6.45) is 4.79. The number of hydrogen-bond donors (Lipinski definition) is 2. The van der Waals surface area contributed by atoms with Gasteiger partial charge in [-0.25, -0.2) is 0 Å². The summed E-state index contributed by atoms with van der Waals surface area (Å²) >= 11 is 0. The number of aliphatic carboxylic acids is 1. The van der Waals surface area contributed by atoms with Gasteiger partial charge >= 0.3 is 5.97 Å². The van der Waals surface area contributed by atoms with Crippen molar-refractivity contribution >= 4 is 5.97 Å². The third-order valence-electron chi connectivity index (χ3n) is 4.59. The number of ether oxygens (including phenoxy) is 1. The van der Waals surface area contributed by atoms with Gasteiger partial charge in [0.1, 0.15) is 0 Å². The summed E-state index contributed by atoms with van der Waals surface area (Å²) in [4.78, 5) is 11.6. The lowest BCUT2D eigenvalue weighted by Gasteiger charge is -2.41. The van der Waals surface area contributed by atoms with Gasteiger partial charge in [0.15, 0.2) is 0 Å². The highest BCUT2D eigenvalue weighted by Crippen LogP contribution is 2.47. The highest BCUT2D eigenvalue weighted by molar-refractivity contribution is 5.74. The molecule has 0 aromatic rings. The van der Waals surface area contributed by atoms with Crippen molar-refractivity contribution in [1.29, 1.82) is 0 Å². The second-order valence-electron chi connectivity index (χ2n) is 7.04. The lowest BCUT2D eigenvalue weighted by atomic mass is 9.63. The van der Waals surface area contributed by atoms with Gasteiger partial charge < -0.3 is 14.9 Å². The first-order valence-corrected chi connectivity index (χ1v) is 7.80. The zero-order chi connectivity index (χ0) is 15.2. The smallest absolute Gasteiger partial charge is 0.309 e. The van der Waals surface area contributed by atoms with E-state index in [4.69, 9.17) is 4.74 Å². The predicted molar refractivity (Wildman–Crippen MR) is 78.7 cm³/mol. The van der Waals surface area contributed by atoms with Crippen LogP contribution in [0.5, 0.6) is 0 Å². The summed E-state index contributed by atoms with van der Waals surface area (Å²) in [5, 5.41) is 19.6. The highest BCUT2D eigenvalue weighted by atomic mass is 16.5. The minimum absolute atomic E-state index is 0.224. The average molecular weight is 286 g/mol. The van der Waals surface area contributed by atoms with Crippen molar-refractivity contribution in [3.8, 4) is 0 Å². The van der Waals surface area contributed by atoms with Gasteiger partial charge in [0.25, 0.3) is 0 Å². The Morgan fingerprint density at radius 1 is 1.25 bits per heavy atom. The normalized spacial score (nSPS) is 22.4. The molecule has 4 nitrogen and oxygen atoms in total. The number of hydrogen-bond acceptors (Lipinski definition) is 3. The second kappa shape index (κ2) is 7.41. The number of rotatable bonds is 8. The molecule has 0 aromatic carbocycles. The Labute approximate surface area is 122 Å². The topological polar surface area (TPSA) is 66.8 Å². The molecule has 1 rings (SSSR count). The molecule has 4 heteroatoms. The van der Waals surface area contributed by atoms with Crippen LogP contribution in [0.4, 0.5) is 0 Å². The molecule has 1 unspecified atom stereocenters. The Morgan fingerprint density at radius 3 is 2.35 bits per heavy atom. The standard InChI is InChI=1S/C16H30O4/c1-4-5-10-20-12-13(17)11-16(14(18)19)8-6-15(2,3)7-9-16/h13,17H,4-12H2,1-3H3,(H,18,19). The van der Waals surface area contributed by atoms with Gasteiger partial charge in [-0.05, 0) is 43.9 Å². The van der Waals surface area contributed by atoms with Crippen LogP contribution in [0, 0.1) is 10.8 Å². The van der Waals surface area contributed by atoms with Gasteiger partial charge in [-0.2, -0.15) is 0 Å². The molecule has 0 heterocycles. The molecule has 1 aliphatic carbocycles. The molecule has 0 aliphatic heterocycles. The van der Waals surface area contributed by atoms with E-state index in [1.54, 1.807) is 0 Å². The Morgan fingerprint density at radius 2 is 1.85 bits per heavy atom. The van der Waals surface area contributed by atoms with Gasteiger partial charge in [0.2, 0.25) is 0 Å². The predicted octanol–water partition coefficient (Wildman–Crippen LogP) is 3.23. The first kappa shape index (κ1) is 17.4. The van der Waals surface area contributed by atoms with Crippen LogP contribution in [-0.4, -0.2) is 35.5 Å². The Hall–Kier alpha value is -0.610. The minimum Gasteiger partial charge on any atom is -0.481 e. The van der Waals surface area contributed by atoms with Crippen molar-refractivity contribution < 1.29 is 19.7 Å². The highest BCUT2D eigenvalue weighted by Gasteiger charge is 2.45. The molecule has 1 fully saturated rings. The van der Waals surface area contributed by atoms with E-state index in [1.165, 1.54) is 0 Å². The second-order valence-corrected chi connectivity index (χ2v) is 7.04. The van der Waals surface area contributed by atoms with Crippen LogP contribution in [0.3, 0.4) is 0 Å². The number of carboxylic acids is 1. The number of carboxylic acid groups (broad SMARTS) is 1. The largest absolute Gasteiger partial charge is 0.481 e. The molecule has 1 aliphatic rings. The van der Waals surface area contributed by atoms with Gasteiger partial charge in [0, 0.05) is 6.61 Å². The number of aliphatic hydroxyl groups excluding tert-OH is 1. The fraction of sp³-hybridized carbons (Fsp3) is 0.938. The van der Waals surface area contributed by atoms with Crippen molar-refractivity contribution in [3.05, 3.63) is 0 Å². The fourth-order valence-electron chi connectivity index (χ4n) is 2.89. The zero-order valence-electron chi connectivity index (χ0n) is 13.2. The molecular weight excluding hydrogens is 256 g/mol. The molecule has 0 bridgehead atoms. The Kier molecular flexibility index (Phi) is 6.46. The van der Waals surface area contributed by atoms with Gasteiger partial charge in [-0.3, -0.25) is 4.79 Å². The van der Waals surface area contributed by atoms with E-state index >= 15 is 0 Å². The minimum atomic E-state index is -0.763. The van der Waals surface area contributed by atoms with E-state index in [-0.39, 0.29) is 12.0 Å². The number of aliphatic hydroxyl groups is 1. The molecule has 0 aromatic heterocycles. The van der Waals surface area contributed by atoms with Gasteiger partial charge in [-0.15, -0.1) is 0 Å². The van der Waals surface area contributed by atoms with Gasteiger partial charge in [-0.1, -0.05) is 27.2 Å². The van der Waals surface area contributed by atoms with E-state index < -0.39 is 17.5 Å². The summed E-state index contributed by atoms with van der Waals surface area (Å²) in [6, 6.07) is 0. The first-order chi connectivity index (χ1) is 9.31. The van der Waals surface area contributed by atoms with Crippen molar-refractivity contribution in [2.45, 2.75) is 71.8 Å². The van der Waals surface area contributed by atoms with E-state index in [2.05, 4.69) is 20.8 Å².